The van der Waals surface area contributed by atoms with E-state index in [1.54, 1.807) is 6.07 Å². The average Bonchev–Trinajstić information content (AvgIpc) is 2.61. The third-order valence-electron chi connectivity index (χ3n) is 4.37. The van der Waals surface area contributed by atoms with Crippen LogP contribution in [0.2, 0.25) is 0 Å². The highest BCUT2D eigenvalue weighted by Crippen LogP contribution is 2.24. The van der Waals surface area contributed by atoms with Gasteiger partial charge >= 0.3 is 0 Å². The van der Waals surface area contributed by atoms with E-state index in [-0.39, 0.29) is 11.3 Å². The first-order valence-corrected chi connectivity index (χ1v) is 9.32. The quantitative estimate of drug-likeness (QED) is 0.643. The summed E-state index contributed by atoms with van der Waals surface area (Å²) in [5.74, 6) is 0.139. The van der Waals surface area contributed by atoms with E-state index in [4.69, 9.17) is 0 Å². The summed E-state index contributed by atoms with van der Waals surface area (Å²) in [6.45, 7) is 10.4. The van der Waals surface area contributed by atoms with E-state index in [2.05, 4.69) is 53.5 Å². The van der Waals surface area contributed by atoms with Crippen molar-refractivity contribution in [1.82, 2.24) is 9.97 Å². The molecule has 5 heteroatoms. The lowest BCUT2D eigenvalue weighted by molar-refractivity contribution is 0.102. The molecule has 1 aromatic heterocycles. The van der Waals surface area contributed by atoms with Crippen LogP contribution in [0.1, 0.15) is 48.1 Å². The Morgan fingerprint density at radius 1 is 0.893 bits per heavy atom. The van der Waals surface area contributed by atoms with Crippen molar-refractivity contribution in [2.45, 2.75) is 40.0 Å². The number of carbonyl (C=O) groups excluding carboxylic acids is 1. The Morgan fingerprint density at radius 3 is 2.25 bits per heavy atom. The Kier molecular flexibility index (Phi) is 5.45. The van der Waals surface area contributed by atoms with Crippen molar-refractivity contribution in [1.29, 1.82) is 0 Å². The number of carbonyl (C=O) groups is 1. The largest absolute Gasteiger partial charge is 0.324 e. The summed E-state index contributed by atoms with van der Waals surface area (Å²) in [6, 6.07) is 17.5. The van der Waals surface area contributed by atoms with Crippen LogP contribution >= 0.6 is 0 Å². The maximum atomic E-state index is 12.6. The fourth-order valence-corrected chi connectivity index (χ4v) is 2.84. The number of amides is 1. The van der Waals surface area contributed by atoms with Crippen molar-refractivity contribution >= 4 is 23.2 Å². The summed E-state index contributed by atoms with van der Waals surface area (Å²) in [7, 11) is 0. The predicted octanol–water partition coefficient (Wildman–Crippen LogP) is 5.39. The van der Waals surface area contributed by atoms with Crippen LogP contribution in [-0.2, 0) is 5.41 Å². The van der Waals surface area contributed by atoms with Crippen molar-refractivity contribution < 1.29 is 4.79 Å². The summed E-state index contributed by atoms with van der Waals surface area (Å²) in [6.07, 6.45) is 0. The molecule has 0 fully saturated rings. The third kappa shape index (κ3) is 4.94. The van der Waals surface area contributed by atoms with Crippen molar-refractivity contribution in [3.05, 3.63) is 77.1 Å². The van der Waals surface area contributed by atoms with Crippen LogP contribution in [0.3, 0.4) is 0 Å². The Labute approximate surface area is 166 Å². The molecule has 2 N–H and O–H groups in total. The first-order valence-electron chi connectivity index (χ1n) is 9.32. The lowest BCUT2D eigenvalue weighted by Gasteiger charge is -2.19. The second-order valence-electron chi connectivity index (χ2n) is 7.99. The van der Waals surface area contributed by atoms with Gasteiger partial charge in [-0.15, -0.1) is 0 Å². The summed E-state index contributed by atoms with van der Waals surface area (Å²) in [4.78, 5) is 21.4. The smallest absolute Gasteiger partial charge is 0.274 e. The predicted molar refractivity (Wildman–Crippen MR) is 114 cm³/mol. The minimum atomic E-state index is -0.262. The molecule has 0 saturated carbocycles. The first-order chi connectivity index (χ1) is 13.2. The standard InChI is InChI=1S/C23H26N4O/c1-15-7-6-8-19(13-15)25-21(28)20-14-16(2)24-22(27-20)26-18-11-9-17(10-12-18)23(3,4)5/h6-14H,1-5H3,(H,25,28)(H,24,26,27). The van der Waals surface area contributed by atoms with E-state index in [9.17, 15) is 4.79 Å². The average molecular weight is 374 g/mol. The molecule has 0 aliphatic heterocycles. The molecule has 144 valence electrons. The van der Waals surface area contributed by atoms with Crippen LogP contribution in [0.5, 0.6) is 0 Å². The molecule has 1 heterocycles. The number of aryl methyl sites for hydroxylation is 2. The van der Waals surface area contributed by atoms with Crippen LogP contribution in [0, 0.1) is 13.8 Å². The Balaban J connectivity index is 1.78. The summed E-state index contributed by atoms with van der Waals surface area (Å²) in [5.41, 5.74) is 5.09. The molecule has 0 unspecified atom stereocenters. The maximum absolute atomic E-state index is 12.6. The molecule has 0 radical (unpaired) electrons. The van der Waals surface area contributed by atoms with E-state index in [1.807, 2.05) is 50.2 Å². The van der Waals surface area contributed by atoms with Crippen LogP contribution in [-0.4, -0.2) is 15.9 Å². The zero-order valence-corrected chi connectivity index (χ0v) is 17.0. The van der Waals surface area contributed by atoms with Gasteiger partial charge in [-0.05, 0) is 60.7 Å². The van der Waals surface area contributed by atoms with E-state index in [0.29, 0.717) is 11.6 Å². The number of benzene rings is 2. The molecule has 3 rings (SSSR count). The highest BCUT2D eigenvalue weighted by molar-refractivity contribution is 6.03. The second-order valence-corrected chi connectivity index (χ2v) is 7.99. The molecule has 0 aliphatic rings. The summed E-state index contributed by atoms with van der Waals surface area (Å²) < 4.78 is 0. The lowest BCUT2D eigenvalue weighted by atomic mass is 9.87. The van der Waals surface area contributed by atoms with E-state index in [1.165, 1.54) is 5.56 Å². The number of rotatable bonds is 4. The summed E-state index contributed by atoms with van der Waals surface area (Å²) >= 11 is 0. The van der Waals surface area contributed by atoms with Gasteiger partial charge in [-0.3, -0.25) is 4.79 Å². The third-order valence-corrected chi connectivity index (χ3v) is 4.37. The normalized spacial score (nSPS) is 11.2. The zero-order chi connectivity index (χ0) is 20.3. The minimum absolute atomic E-state index is 0.0966. The summed E-state index contributed by atoms with van der Waals surface area (Å²) in [5, 5.41) is 6.07. The molecule has 0 atom stereocenters. The number of hydrogen-bond acceptors (Lipinski definition) is 4. The zero-order valence-electron chi connectivity index (χ0n) is 17.0. The SMILES string of the molecule is Cc1cccc(NC(=O)c2cc(C)nc(Nc3ccc(C(C)(C)C)cc3)n2)c1. The van der Waals surface area contributed by atoms with Gasteiger partial charge in [0.2, 0.25) is 5.95 Å². The highest BCUT2D eigenvalue weighted by atomic mass is 16.1. The number of aromatic nitrogens is 2. The van der Waals surface area contributed by atoms with Gasteiger partial charge in [-0.1, -0.05) is 45.0 Å². The van der Waals surface area contributed by atoms with Gasteiger partial charge in [0.25, 0.3) is 5.91 Å². The molecule has 2 aromatic carbocycles. The van der Waals surface area contributed by atoms with Gasteiger partial charge in [0.05, 0.1) is 0 Å². The highest BCUT2D eigenvalue weighted by Gasteiger charge is 2.14. The van der Waals surface area contributed by atoms with Crippen molar-refractivity contribution in [3.8, 4) is 0 Å². The second kappa shape index (κ2) is 7.80. The van der Waals surface area contributed by atoms with Gasteiger partial charge in [0, 0.05) is 17.1 Å². The Morgan fingerprint density at radius 2 is 1.61 bits per heavy atom. The number of anilines is 3. The molecular formula is C23H26N4O. The van der Waals surface area contributed by atoms with Crippen molar-refractivity contribution in [2.24, 2.45) is 0 Å². The number of nitrogens with one attached hydrogen (secondary N) is 2. The molecule has 0 spiro atoms. The number of hydrogen-bond donors (Lipinski definition) is 2. The van der Waals surface area contributed by atoms with Crippen LogP contribution in [0.4, 0.5) is 17.3 Å². The molecule has 1 amide bonds. The Hall–Kier alpha value is -3.21. The molecular weight excluding hydrogens is 348 g/mol. The lowest BCUT2D eigenvalue weighted by Crippen LogP contribution is -2.15. The van der Waals surface area contributed by atoms with Gasteiger partial charge in [0.1, 0.15) is 5.69 Å². The molecule has 3 aromatic rings. The van der Waals surface area contributed by atoms with Gasteiger partial charge in [-0.25, -0.2) is 9.97 Å². The van der Waals surface area contributed by atoms with Gasteiger partial charge < -0.3 is 10.6 Å². The fourth-order valence-electron chi connectivity index (χ4n) is 2.84. The van der Waals surface area contributed by atoms with Crippen molar-refractivity contribution in [2.75, 3.05) is 10.6 Å². The monoisotopic (exact) mass is 374 g/mol. The maximum Gasteiger partial charge on any atom is 0.274 e. The molecule has 28 heavy (non-hydrogen) atoms. The molecule has 0 bridgehead atoms. The van der Waals surface area contributed by atoms with Gasteiger partial charge in [-0.2, -0.15) is 0 Å². The minimum Gasteiger partial charge on any atom is -0.324 e. The van der Waals surface area contributed by atoms with E-state index >= 15 is 0 Å². The Bertz CT molecular complexity index is 988. The topological polar surface area (TPSA) is 66.9 Å². The van der Waals surface area contributed by atoms with E-state index in [0.717, 1.165) is 22.6 Å². The molecule has 0 saturated heterocycles. The number of nitrogens with zero attached hydrogens (tertiary/aromatic N) is 2. The van der Waals surface area contributed by atoms with Crippen molar-refractivity contribution in [3.63, 3.8) is 0 Å². The fraction of sp³-hybridized carbons (Fsp3) is 0.261. The van der Waals surface area contributed by atoms with E-state index < -0.39 is 0 Å². The first kappa shape index (κ1) is 19.5. The van der Waals surface area contributed by atoms with Crippen LogP contribution in [0.25, 0.3) is 0 Å². The van der Waals surface area contributed by atoms with Gasteiger partial charge in [0.15, 0.2) is 0 Å². The van der Waals surface area contributed by atoms with Crippen LogP contribution in [0.15, 0.2) is 54.6 Å². The van der Waals surface area contributed by atoms with Crippen LogP contribution < -0.4 is 10.6 Å². The molecule has 0 aliphatic carbocycles. The molecule has 5 nitrogen and oxygen atoms in total.